The molecule has 0 amide bonds. The summed E-state index contributed by atoms with van der Waals surface area (Å²) in [5.41, 5.74) is 0.982. The van der Waals surface area contributed by atoms with Gasteiger partial charge in [0, 0.05) is 19.6 Å². The van der Waals surface area contributed by atoms with E-state index in [4.69, 9.17) is 9.84 Å². The lowest BCUT2D eigenvalue weighted by Crippen LogP contribution is -2.27. The van der Waals surface area contributed by atoms with Crippen molar-refractivity contribution in [3.8, 4) is 5.88 Å². The molecule has 18 heavy (non-hydrogen) atoms. The van der Waals surface area contributed by atoms with E-state index in [0.29, 0.717) is 11.8 Å². The Kier molecular flexibility index (Phi) is 4.49. The Balaban J connectivity index is 1.86. The predicted octanol–water partition coefficient (Wildman–Crippen LogP) is 1.05. The third-order valence-corrected chi connectivity index (χ3v) is 3.17. The predicted molar refractivity (Wildman–Crippen MR) is 68.7 cm³/mol. The van der Waals surface area contributed by atoms with Gasteiger partial charge in [0.25, 0.3) is 0 Å². The van der Waals surface area contributed by atoms with E-state index >= 15 is 0 Å². The Morgan fingerprint density at radius 1 is 1.44 bits per heavy atom. The maximum atomic E-state index is 8.88. The van der Waals surface area contributed by atoms with Crippen molar-refractivity contribution in [1.29, 1.82) is 0 Å². The molecular weight excluding hydrogens is 230 g/mol. The molecule has 0 saturated carbocycles. The second-order valence-electron chi connectivity index (χ2n) is 4.99. The van der Waals surface area contributed by atoms with Gasteiger partial charge in [-0.3, -0.25) is 9.88 Å². The number of likely N-dealkylation sites (tertiary alicyclic amines) is 1. The molecule has 0 aromatic carbocycles. The van der Waals surface area contributed by atoms with Crippen molar-refractivity contribution in [3.63, 3.8) is 0 Å². The highest BCUT2D eigenvalue weighted by Crippen LogP contribution is 2.17. The zero-order valence-corrected chi connectivity index (χ0v) is 11.0. The van der Waals surface area contributed by atoms with Crippen molar-refractivity contribution < 1.29 is 9.84 Å². The molecule has 1 aliphatic rings. The molecule has 2 rings (SSSR count). The number of ether oxygens (including phenoxy) is 1. The molecular formula is C13H21N3O2. The minimum absolute atomic E-state index is 0.163. The number of β-amino-alcohol motifs (C(OH)–C–C–N with tert-alkyl or cyclic N) is 1. The van der Waals surface area contributed by atoms with E-state index in [1.54, 1.807) is 12.4 Å². The Hall–Kier alpha value is -1.20. The molecule has 1 fully saturated rings. The SMILES string of the molecule is CC(C)c1cnc(O[C@H]2CCN(CCO)C2)cn1. The van der Waals surface area contributed by atoms with Crippen LogP contribution in [0.5, 0.6) is 5.88 Å². The molecule has 0 bridgehead atoms. The van der Waals surface area contributed by atoms with Gasteiger partial charge < -0.3 is 9.84 Å². The topological polar surface area (TPSA) is 58.5 Å². The number of rotatable bonds is 5. The highest BCUT2D eigenvalue weighted by Gasteiger charge is 2.23. The molecule has 1 saturated heterocycles. The summed E-state index contributed by atoms with van der Waals surface area (Å²) in [6, 6.07) is 0. The van der Waals surface area contributed by atoms with Crippen molar-refractivity contribution in [1.82, 2.24) is 14.9 Å². The van der Waals surface area contributed by atoms with E-state index in [-0.39, 0.29) is 12.7 Å². The molecule has 1 atom stereocenters. The van der Waals surface area contributed by atoms with Crippen LogP contribution in [-0.4, -0.2) is 52.3 Å². The van der Waals surface area contributed by atoms with Crippen molar-refractivity contribution in [2.24, 2.45) is 0 Å². The fourth-order valence-electron chi connectivity index (χ4n) is 2.09. The van der Waals surface area contributed by atoms with Crippen LogP contribution in [0.25, 0.3) is 0 Å². The summed E-state index contributed by atoms with van der Waals surface area (Å²) in [5, 5.41) is 8.88. The van der Waals surface area contributed by atoms with Crippen LogP contribution in [0, 0.1) is 0 Å². The monoisotopic (exact) mass is 251 g/mol. The Labute approximate surface area is 108 Å². The van der Waals surface area contributed by atoms with Crippen LogP contribution in [-0.2, 0) is 0 Å². The van der Waals surface area contributed by atoms with E-state index in [2.05, 4.69) is 28.7 Å². The van der Waals surface area contributed by atoms with E-state index in [1.165, 1.54) is 0 Å². The third-order valence-electron chi connectivity index (χ3n) is 3.17. The van der Waals surface area contributed by atoms with E-state index in [1.807, 2.05) is 0 Å². The Morgan fingerprint density at radius 2 is 2.28 bits per heavy atom. The molecule has 1 aliphatic heterocycles. The van der Waals surface area contributed by atoms with Gasteiger partial charge in [0.1, 0.15) is 6.10 Å². The fraction of sp³-hybridized carbons (Fsp3) is 0.692. The first kappa shape index (κ1) is 13.2. The fourth-order valence-corrected chi connectivity index (χ4v) is 2.09. The van der Waals surface area contributed by atoms with Gasteiger partial charge in [-0.1, -0.05) is 13.8 Å². The van der Waals surface area contributed by atoms with E-state index in [0.717, 1.165) is 31.7 Å². The van der Waals surface area contributed by atoms with Crippen molar-refractivity contribution in [2.45, 2.75) is 32.3 Å². The number of nitrogens with zero attached hydrogens (tertiary/aromatic N) is 3. The Bertz CT molecular complexity index is 367. The minimum Gasteiger partial charge on any atom is -0.472 e. The summed E-state index contributed by atoms with van der Waals surface area (Å²) in [7, 11) is 0. The summed E-state index contributed by atoms with van der Waals surface area (Å²) in [6.45, 7) is 6.94. The van der Waals surface area contributed by atoms with Gasteiger partial charge in [0.15, 0.2) is 0 Å². The largest absolute Gasteiger partial charge is 0.472 e. The Morgan fingerprint density at radius 3 is 2.89 bits per heavy atom. The molecule has 0 radical (unpaired) electrons. The van der Waals surface area contributed by atoms with Gasteiger partial charge >= 0.3 is 0 Å². The molecule has 2 heterocycles. The highest BCUT2D eigenvalue weighted by atomic mass is 16.5. The average molecular weight is 251 g/mol. The maximum Gasteiger partial charge on any atom is 0.232 e. The third kappa shape index (κ3) is 3.40. The number of aliphatic hydroxyl groups excluding tert-OH is 1. The smallest absolute Gasteiger partial charge is 0.232 e. The maximum absolute atomic E-state index is 8.88. The highest BCUT2D eigenvalue weighted by molar-refractivity contribution is 5.10. The van der Waals surface area contributed by atoms with Crippen LogP contribution in [0.3, 0.4) is 0 Å². The van der Waals surface area contributed by atoms with Gasteiger partial charge in [0.2, 0.25) is 5.88 Å². The quantitative estimate of drug-likeness (QED) is 0.847. The number of hydrogen-bond donors (Lipinski definition) is 1. The first-order chi connectivity index (χ1) is 8.69. The van der Waals surface area contributed by atoms with Crippen LogP contribution in [0.1, 0.15) is 31.9 Å². The van der Waals surface area contributed by atoms with Gasteiger partial charge in [-0.15, -0.1) is 0 Å². The molecule has 5 heteroatoms. The summed E-state index contributed by atoms with van der Waals surface area (Å²) >= 11 is 0. The first-order valence-corrected chi connectivity index (χ1v) is 6.51. The van der Waals surface area contributed by atoms with Crippen molar-refractivity contribution in [2.75, 3.05) is 26.2 Å². The number of aliphatic hydroxyl groups is 1. The molecule has 0 unspecified atom stereocenters. The van der Waals surface area contributed by atoms with Crippen LogP contribution >= 0.6 is 0 Å². The molecule has 1 N–H and O–H groups in total. The van der Waals surface area contributed by atoms with Crippen LogP contribution < -0.4 is 4.74 Å². The second kappa shape index (κ2) is 6.11. The zero-order valence-electron chi connectivity index (χ0n) is 11.0. The molecule has 0 aliphatic carbocycles. The minimum atomic E-state index is 0.163. The first-order valence-electron chi connectivity index (χ1n) is 6.51. The summed E-state index contributed by atoms with van der Waals surface area (Å²) < 4.78 is 5.79. The molecule has 1 aromatic rings. The summed E-state index contributed by atoms with van der Waals surface area (Å²) in [5.74, 6) is 0.980. The number of hydrogen-bond acceptors (Lipinski definition) is 5. The normalized spacial score (nSPS) is 20.6. The van der Waals surface area contributed by atoms with Gasteiger partial charge in [-0.05, 0) is 12.3 Å². The lowest BCUT2D eigenvalue weighted by atomic mass is 10.1. The lowest BCUT2D eigenvalue weighted by molar-refractivity contribution is 0.176. The lowest BCUT2D eigenvalue weighted by Gasteiger charge is -2.15. The standard InChI is InChI=1S/C13H21N3O2/c1-10(2)12-7-15-13(8-14-12)18-11-3-4-16(9-11)5-6-17/h7-8,10-11,17H,3-6,9H2,1-2H3/t11-/m0/s1. The van der Waals surface area contributed by atoms with Gasteiger partial charge in [-0.2, -0.15) is 0 Å². The van der Waals surface area contributed by atoms with Gasteiger partial charge in [-0.25, -0.2) is 4.98 Å². The van der Waals surface area contributed by atoms with Crippen LogP contribution in [0.15, 0.2) is 12.4 Å². The summed E-state index contributed by atoms with van der Waals surface area (Å²) in [6.07, 6.45) is 4.62. The van der Waals surface area contributed by atoms with E-state index < -0.39 is 0 Å². The molecule has 100 valence electrons. The molecule has 5 nitrogen and oxygen atoms in total. The van der Waals surface area contributed by atoms with E-state index in [9.17, 15) is 0 Å². The van der Waals surface area contributed by atoms with Crippen LogP contribution in [0.2, 0.25) is 0 Å². The second-order valence-corrected chi connectivity index (χ2v) is 4.99. The average Bonchev–Trinajstić information content (AvgIpc) is 2.78. The zero-order chi connectivity index (χ0) is 13.0. The number of aromatic nitrogens is 2. The van der Waals surface area contributed by atoms with Crippen molar-refractivity contribution >= 4 is 0 Å². The van der Waals surface area contributed by atoms with Gasteiger partial charge in [0.05, 0.1) is 24.7 Å². The summed E-state index contributed by atoms with van der Waals surface area (Å²) in [4.78, 5) is 10.8. The van der Waals surface area contributed by atoms with Crippen molar-refractivity contribution in [3.05, 3.63) is 18.1 Å². The molecule has 1 aromatic heterocycles. The molecule has 0 spiro atoms. The van der Waals surface area contributed by atoms with Crippen LogP contribution in [0.4, 0.5) is 0 Å².